The molecule has 4 heteroatoms. The summed E-state index contributed by atoms with van der Waals surface area (Å²) < 4.78 is 0. The maximum atomic E-state index is 5.79. The van der Waals surface area contributed by atoms with Crippen molar-refractivity contribution in [3.63, 3.8) is 0 Å². The summed E-state index contributed by atoms with van der Waals surface area (Å²) in [6.07, 6.45) is 17.6. The van der Waals surface area contributed by atoms with Crippen molar-refractivity contribution in [2.24, 2.45) is 22.9 Å². The molecule has 0 aromatic rings. The van der Waals surface area contributed by atoms with Gasteiger partial charge in [0, 0.05) is 24.2 Å². The fraction of sp³-hybridized carbons (Fsp3) is 0.750. The van der Waals surface area contributed by atoms with Gasteiger partial charge in [0.2, 0.25) is 0 Å². The van der Waals surface area contributed by atoms with Gasteiger partial charge in [-0.3, -0.25) is 0 Å². The largest absolute Gasteiger partial charge is 0.326 e. The minimum Gasteiger partial charge on any atom is -0.326 e. The zero-order valence-electron chi connectivity index (χ0n) is 12.6. The summed E-state index contributed by atoms with van der Waals surface area (Å²) in [5.74, 6) is 0. The third-order valence-electron chi connectivity index (χ3n) is 4.06. The first-order valence-electron chi connectivity index (χ1n) is 7.95. The van der Waals surface area contributed by atoms with Crippen LogP contribution in [0.3, 0.4) is 0 Å². The predicted octanol–water partition coefficient (Wildman–Crippen LogP) is 1.54. The number of rotatable bonds is 0. The van der Waals surface area contributed by atoms with Crippen LogP contribution in [0, 0.1) is 0 Å². The molecule has 0 bridgehead atoms. The van der Waals surface area contributed by atoms with Crippen LogP contribution in [0.4, 0.5) is 0 Å². The van der Waals surface area contributed by atoms with Crippen molar-refractivity contribution >= 4 is 0 Å². The maximum absolute atomic E-state index is 5.79. The average molecular weight is 280 g/mol. The molecule has 0 unspecified atom stereocenters. The van der Waals surface area contributed by atoms with Crippen LogP contribution in [-0.4, -0.2) is 24.2 Å². The van der Waals surface area contributed by atoms with Crippen molar-refractivity contribution in [2.75, 3.05) is 0 Å². The monoisotopic (exact) mass is 280 g/mol. The first kappa shape index (κ1) is 17.4. The third-order valence-corrected chi connectivity index (χ3v) is 4.06. The first-order chi connectivity index (χ1) is 9.61. The van der Waals surface area contributed by atoms with Gasteiger partial charge in [-0.2, -0.15) is 0 Å². The van der Waals surface area contributed by atoms with E-state index in [2.05, 4.69) is 18.2 Å². The van der Waals surface area contributed by atoms with Gasteiger partial charge in [0.1, 0.15) is 0 Å². The van der Waals surface area contributed by atoms with E-state index < -0.39 is 0 Å². The van der Waals surface area contributed by atoms with Gasteiger partial charge in [0.05, 0.1) is 0 Å². The Labute approximate surface area is 123 Å². The molecule has 0 fully saturated rings. The smallest absolute Gasteiger partial charge is 0.0378 e. The highest BCUT2D eigenvalue weighted by molar-refractivity contribution is 4.98. The summed E-state index contributed by atoms with van der Waals surface area (Å²) in [6.45, 7) is 0. The number of nitrogens with two attached hydrogens (primary N) is 4. The van der Waals surface area contributed by atoms with Gasteiger partial charge in [-0.05, 0) is 44.9 Å². The van der Waals surface area contributed by atoms with Gasteiger partial charge in [-0.15, -0.1) is 0 Å². The molecule has 0 aromatic carbocycles. The van der Waals surface area contributed by atoms with Crippen LogP contribution in [0.5, 0.6) is 0 Å². The Bertz CT molecular complexity index is 287. The van der Waals surface area contributed by atoms with E-state index in [1.165, 1.54) is 19.3 Å². The zero-order chi connectivity index (χ0) is 14.8. The van der Waals surface area contributed by atoms with Gasteiger partial charge in [0.15, 0.2) is 0 Å². The van der Waals surface area contributed by atoms with E-state index >= 15 is 0 Å². The Kier molecular flexibility index (Phi) is 8.78. The van der Waals surface area contributed by atoms with E-state index in [1.807, 2.05) is 6.08 Å². The highest BCUT2D eigenvalue weighted by atomic mass is 14.8. The highest BCUT2D eigenvalue weighted by Gasteiger charge is 2.12. The summed E-state index contributed by atoms with van der Waals surface area (Å²) in [6, 6.07) is 0.687. The lowest BCUT2D eigenvalue weighted by Gasteiger charge is -2.19. The van der Waals surface area contributed by atoms with E-state index in [4.69, 9.17) is 22.9 Å². The molecule has 0 heterocycles. The topological polar surface area (TPSA) is 104 Å². The van der Waals surface area contributed by atoms with Crippen LogP contribution in [0.1, 0.15) is 51.4 Å². The molecule has 0 spiro atoms. The molecule has 0 saturated carbocycles. The fourth-order valence-corrected chi connectivity index (χ4v) is 2.47. The van der Waals surface area contributed by atoms with Crippen LogP contribution in [0.15, 0.2) is 24.3 Å². The fourth-order valence-electron chi connectivity index (χ4n) is 2.47. The summed E-state index contributed by atoms with van der Waals surface area (Å²) in [5, 5.41) is 0. The molecule has 0 radical (unpaired) electrons. The van der Waals surface area contributed by atoms with Gasteiger partial charge < -0.3 is 22.9 Å². The second-order valence-electron chi connectivity index (χ2n) is 5.91. The van der Waals surface area contributed by atoms with Crippen LogP contribution >= 0.6 is 0 Å². The highest BCUT2D eigenvalue weighted by Crippen LogP contribution is 2.10. The predicted molar refractivity (Wildman–Crippen MR) is 87.1 cm³/mol. The molecule has 20 heavy (non-hydrogen) atoms. The molecule has 4 atom stereocenters. The molecule has 0 saturated heterocycles. The molecular weight excluding hydrogens is 248 g/mol. The quantitative estimate of drug-likeness (QED) is 0.505. The molecule has 0 aliphatic heterocycles. The number of allylic oxidation sites excluding steroid dienone is 3. The van der Waals surface area contributed by atoms with Crippen molar-refractivity contribution in [1.82, 2.24) is 0 Å². The Morgan fingerprint density at radius 2 is 1.20 bits per heavy atom. The first-order valence-corrected chi connectivity index (χ1v) is 7.95. The second-order valence-corrected chi connectivity index (χ2v) is 5.91. The maximum Gasteiger partial charge on any atom is 0.0378 e. The lowest BCUT2D eigenvalue weighted by molar-refractivity contribution is 0.468. The van der Waals surface area contributed by atoms with E-state index in [9.17, 15) is 0 Å². The van der Waals surface area contributed by atoms with Gasteiger partial charge in [-0.1, -0.05) is 30.7 Å². The standard InChI is InChI=1S/2C8H16N2/c2*9-7-5-3-1-2-4-6-8(7)10/h3,5,7-8H,1-2,4,6,9-10H2;1-2,7-8H,3-6,9-10H2/b5-3+;2-1+/t7-,8-;7-,8+/m1./s1. The Morgan fingerprint density at radius 3 is 1.80 bits per heavy atom. The summed E-state index contributed by atoms with van der Waals surface area (Å²) in [5.41, 5.74) is 23.1. The Balaban J connectivity index is 0.000000200. The van der Waals surface area contributed by atoms with E-state index in [-0.39, 0.29) is 24.2 Å². The summed E-state index contributed by atoms with van der Waals surface area (Å²) in [7, 11) is 0. The zero-order valence-corrected chi connectivity index (χ0v) is 12.6. The van der Waals surface area contributed by atoms with Crippen molar-refractivity contribution in [3.05, 3.63) is 24.3 Å². The molecule has 4 nitrogen and oxygen atoms in total. The van der Waals surface area contributed by atoms with Gasteiger partial charge in [-0.25, -0.2) is 0 Å². The third kappa shape index (κ3) is 7.20. The molecule has 2 aliphatic rings. The lowest BCUT2D eigenvalue weighted by atomic mass is 9.97. The van der Waals surface area contributed by atoms with Crippen LogP contribution in [0.25, 0.3) is 0 Å². The van der Waals surface area contributed by atoms with Crippen LogP contribution in [-0.2, 0) is 0 Å². The SMILES string of the molecule is N[C@@H]1/C=C/CCCC[C@H]1N.N[C@@H]1CC/C=C/CC[C@@H]1N. The van der Waals surface area contributed by atoms with Crippen molar-refractivity contribution in [1.29, 1.82) is 0 Å². The van der Waals surface area contributed by atoms with E-state index in [0.29, 0.717) is 0 Å². The van der Waals surface area contributed by atoms with Crippen LogP contribution < -0.4 is 22.9 Å². The van der Waals surface area contributed by atoms with Crippen molar-refractivity contribution in [2.45, 2.75) is 75.5 Å². The Morgan fingerprint density at radius 1 is 0.600 bits per heavy atom. The summed E-state index contributed by atoms with van der Waals surface area (Å²) >= 11 is 0. The van der Waals surface area contributed by atoms with Gasteiger partial charge >= 0.3 is 0 Å². The second kappa shape index (κ2) is 10.1. The normalized spacial score (nSPS) is 38.2. The average Bonchev–Trinajstić information content (AvgIpc) is 2.42. The molecule has 2 rings (SSSR count). The molecule has 0 amide bonds. The minimum atomic E-state index is 0.0836. The van der Waals surface area contributed by atoms with E-state index in [1.54, 1.807) is 0 Å². The van der Waals surface area contributed by atoms with Crippen LogP contribution in [0.2, 0.25) is 0 Å². The molecular formula is C16H32N4. The Hall–Kier alpha value is -0.680. The van der Waals surface area contributed by atoms with Crippen molar-refractivity contribution in [3.8, 4) is 0 Å². The number of hydrogen-bond acceptors (Lipinski definition) is 4. The number of hydrogen-bond donors (Lipinski definition) is 4. The van der Waals surface area contributed by atoms with Crippen molar-refractivity contribution < 1.29 is 0 Å². The molecule has 2 aliphatic carbocycles. The summed E-state index contributed by atoms with van der Waals surface area (Å²) in [4.78, 5) is 0. The van der Waals surface area contributed by atoms with Gasteiger partial charge in [0.25, 0.3) is 0 Å². The minimum absolute atomic E-state index is 0.0836. The molecule has 0 aromatic heterocycles. The lowest BCUT2D eigenvalue weighted by Crippen LogP contribution is -2.41. The van der Waals surface area contributed by atoms with E-state index in [0.717, 1.165) is 32.1 Å². The molecule has 116 valence electrons. The molecule has 8 N–H and O–H groups in total.